The van der Waals surface area contributed by atoms with Crippen LogP contribution in [-0.2, 0) is 28.5 Å². The highest BCUT2D eigenvalue weighted by Crippen LogP contribution is 2.45. The third-order valence-corrected chi connectivity index (χ3v) is 7.18. The van der Waals surface area contributed by atoms with E-state index in [-0.39, 0.29) is 24.1 Å². The largest absolute Gasteiger partial charge is 0.462 e. The third-order valence-electron chi connectivity index (χ3n) is 7.18. The fraction of sp³-hybridized carbons (Fsp3) is 0.905. The van der Waals surface area contributed by atoms with Crippen LogP contribution in [0.1, 0.15) is 70.6 Å². The average Bonchev–Trinajstić information content (AvgIpc) is 3.56. The zero-order valence-electron chi connectivity index (χ0n) is 15.8. The number of fused-ring (bicyclic) bond motifs is 2. The maximum atomic E-state index is 12.4. The fourth-order valence-electron chi connectivity index (χ4n) is 5.44. The molecular weight excluding hydrogens is 348 g/mol. The topological polar surface area (TPSA) is 77.7 Å². The minimum absolute atomic E-state index is 0.124. The van der Waals surface area contributed by atoms with Crippen LogP contribution in [0, 0.1) is 11.8 Å². The van der Waals surface area contributed by atoms with Gasteiger partial charge < -0.3 is 18.9 Å². The van der Waals surface area contributed by atoms with Crippen LogP contribution < -0.4 is 0 Å². The lowest BCUT2D eigenvalue weighted by Crippen LogP contribution is -2.39. The first-order valence-electron chi connectivity index (χ1n) is 10.9. The number of esters is 2. The molecule has 0 radical (unpaired) electrons. The second-order valence-electron chi connectivity index (χ2n) is 9.07. The van der Waals surface area contributed by atoms with Crippen molar-refractivity contribution in [1.29, 1.82) is 0 Å². The van der Waals surface area contributed by atoms with Crippen LogP contribution in [0.25, 0.3) is 0 Å². The van der Waals surface area contributed by atoms with E-state index in [1.165, 1.54) is 0 Å². The van der Waals surface area contributed by atoms with E-state index < -0.39 is 0 Å². The molecule has 5 aliphatic rings. The molecule has 150 valence electrons. The molecule has 5 rings (SSSR count). The molecule has 0 N–H and O–H groups in total. The molecule has 0 spiro atoms. The first-order valence-corrected chi connectivity index (χ1v) is 10.9. The van der Waals surface area contributed by atoms with Crippen molar-refractivity contribution in [2.75, 3.05) is 0 Å². The minimum atomic E-state index is -0.170. The third kappa shape index (κ3) is 4.16. The second-order valence-corrected chi connectivity index (χ2v) is 9.07. The number of rotatable bonds is 2. The number of carbonyl (C=O) groups is 2. The van der Waals surface area contributed by atoms with Crippen LogP contribution in [0.3, 0.4) is 0 Å². The highest BCUT2D eigenvalue weighted by atomic mass is 16.6. The van der Waals surface area contributed by atoms with Gasteiger partial charge in [-0.3, -0.25) is 9.59 Å². The maximum Gasteiger partial charge on any atom is 0.306 e. The van der Waals surface area contributed by atoms with Crippen molar-refractivity contribution in [3.63, 3.8) is 0 Å². The molecule has 0 aromatic heterocycles. The maximum absolute atomic E-state index is 12.4. The highest BCUT2D eigenvalue weighted by molar-refractivity contribution is 5.71. The summed E-state index contributed by atoms with van der Waals surface area (Å²) in [7, 11) is 0. The molecule has 6 nitrogen and oxygen atoms in total. The van der Waals surface area contributed by atoms with Crippen LogP contribution in [0.2, 0.25) is 0 Å². The Morgan fingerprint density at radius 2 is 1.04 bits per heavy atom. The van der Waals surface area contributed by atoms with Crippen LogP contribution in [0.5, 0.6) is 0 Å². The molecule has 0 aromatic rings. The fourth-order valence-corrected chi connectivity index (χ4v) is 5.44. The summed E-state index contributed by atoms with van der Waals surface area (Å²) < 4.78 is 23.3. The van der Waals surface area contributed by atoms with Gasteiger partial charge in [0.2, 0.25) is 0 Å². The summed E-state index contributed by atoms with van der Waals surface area (Å²) in [5, 5.41) is 0. The summed E-state index contributed by atoms with van der Waals surface area (Å²) >= 11 is 0. The molecular formula is C21H30O6. The summed E-state index contributed by atoms with van der Waals surface area (Å²) in [6, 6.07) is 0. The van der Waals surface area contributed by atoms with E-state index in [2.05, 4.69) is 0 Å². The van der Waals surface area contributed by atoms with E-state index in [1.807, 2.05) is 0 Å². The van der Waals surface area contributed by atoms with Gasteiger partial charge >= 0.3 is 11.9 Å². The second kappa shape index (κ2) is 7.36. The SMILES string of the molecule is O=C1CCCCC(=O)OC(C2CCC3OC3C2)CC(C2CCC3OC3C2)O1. The number of cyclic esters (lactones) is 2. The minimum Gasteiger partial charge on any atom is -0.462 e. The summed E-state index contributed by atoms with van der Waals surface area (Å²) in [5.41, 5.74) is 0. The lowest BCUT2D eigenvalue weighted by Gasteiger charge is -2.34. The van der Waals surface area contributed by atoms with Gasteiger partial charge in [0.25, 0.3) is 0 Å². The van der Waals surface area contributed by atoms with Crippen molar-refractivity contribution in [3.8, 4) is 0 Å². The van der Waals surface area contributed by atoms with Crippen LogP contribution in [0.4, 0.5) is 0 Å². The molecule has 2 saturated carbocycles. The molecule has 2 aliphatic carbocycles. The van der Waals surface area contributed by atoms with Gasteiger partial charge in [0.15, 0.2) is 0 Å². The summed E-state index contributed by atoms with van der Waals surface area (Å²) in [5.74, 6) is 0.378. The van der Waals surface area contributed by atoms with Gasteiger partial charge in [-0.25, -0.2) is 0 Å². The van der Waals surface area contributed by atoms with Gasteiger partial charge in [0.1, 0.15) is 12.2 Å². The van der Waals surface area contributed by atoms with Gasteiger partial charge in [-0.05, 0) is 63.2 Å². The molecule has 6 heteroatoms. The predicted octanol–water partition coefficient (Wildman–Crippen LogP) is 2.91. The summed E-state index contributed by atoms with van der Waals surface area (Å²) in [6.07, 6.45) is 10.1. The van der Waals surface area contributed by atoms with Gasteiger partial charge in [0, 0.05) is 19.3 Å². The van der Waals surface area contributed by atoms with Crippen molar-refractivity contribution < 1.29 is 28.5 Å². The first-order chi connectivity index (χ1) is 13.2. The van der Waals surface area contributed by atoms with Crippen LogP contribution in [0.15, 0.2) is 0 Å². The van der Waals surface area contributed by atoms with Crippen LogP contribution in [-0.4, -0.2) is 48.6 Å². The molecule has 0 amide bonds. The van der Waals surface area contributed by atoms with Gasteiger partial charge in [-0.15, -0.1) is 0 Å². The van der Waals surface area contributed by atoms with E-state index in [4.69, 9.17) is 18.9 Å². The quantitative estimate of drug-likeness (QED) is 0.543. The lowest BCUT2D eigenvalue weighted by molar-refractivity contribution is -0.160. The van der Waals surface area contributed by atoms with Gasteiger partial charge in [-0.2, -0.15) is 0 Å². The molecule has 8 unspecified atom stereocenters. The monoisotopic (exact) mass is 378 g/mol. The molecule has 3 saturated heterocycles. The number of hydrogen-bond acceptors (Lipinski definition) is 6. The molecule has 3 heterocycles. The average molecular weight is 378 g/mol. The zero-order valence-corrected chi connectivity index (χ0v) is 15.8. The van der Waals surface area contributed by atoms with Gasteiger partial charge in [-0.1, -0.05) is 0 Å². The van der Waals surface area contributed by atoms with E-state index >= 15 is 0 Å². The number of carbonyl (C=O) groups excluding carboxylic acids is 2. The molecule has 27 heavy (non-hydrogen) atoms. The molecule has 8 atom stereocenters. The highest BCUT2D eigenvalue weighted by Gasteiger charge is 2.49. The van der Waals surface area contributed by atoms with Crippen molar-refractivity contribution in [1.82, 2.24) is 0 Å². The predicted molar refractivity (Wildman–Crippen MR) is 94.8 cm³/mol. The summed E-state index contributed by atoms with van der Waals surface area (Å²) in [6.45, 7) is 0. The summed E-state index contributed by atoms with van der Waals surface area (Å²) in [4.78, 5) is 24.8. The van der Waals surface area contributed by atoms with Crippen molar-refractivity contribution in [3.05, 3.63) is 0 Å². The lowest BCUT2D eigenvalue weighted by atomic mass is 9.79. The number of hydrogen-bond donors (Lipinski definition) is 0. The Hall–Kier alpha value is -1.14. The Labute approximate surface area is 160 Å². The Balaban J connectivity index is 1.33. The molecule has 5 fully saturated rings. The van der Waals surface area contributed by atoms with Crippen molar-refractivity contribution in [2.45, 2.75) is 107 Å². The Morgan fingerprint density at radius 3 is 1.48 bits per heavy atom. The molecule has 0 aromatic carbocycles. The Kier molecular flexibility index (Phi) is 4.88. The number of epoxide rings is 2. The van der Waals surface area contributed by atoms with Crippen molar-refractivity contribution >= 4 is 11.9 Å². The Bertz CT molecular complexity index is 541. The van der Waals surface area contributed by atoms with E-state index in [1.54, 1.807) is 0 Å². The zero-order chi connectivity index (χ0) is 18.4. The van der Waals surface area contributed by atoms with Crippen molar-refractivity contribution in [2.24, 2.45) is 11.8 Å². The molecule has 3 aliphatic heterocycles. The standard InChI is InChI=1S/C21H30O6/c22-20-3-1-2-4-21(23)27-17(13-6-8-15-19(10-13)25-15)11-16(26-20)12-5-7-14-18(9-12)24-14/h12-19H,1-11H2. The smallest absolute Gasteiger partial charge is 0.306 e. The normalized spacial score (nSPS) is 47.6. The van der Waals surface area contributed by atoms with E-state index in [0.29, 0.717) is 68.4 Å². The number of ether oxygens (including phenoxy) is 4. The van der Waals surface area contributed by atoms with E-state index in [9.17, 15) is 9.59 Å². The van der Waals surface area contributed by atoms with Gasteiger partial charge in [0.05, 0.1) is 24.4 Å². The van der Waals surface area contributed by atoms with E-state index in [0.717, 1.165) is 38.5 Å². The molecule has 0 bridgehead atoms. The first kappa shape index (κ1) is 17.9. The Morgan fingerprint density at radius 1 is 0.556 bits per heavy atom. The van der Waals surface area contributed by atoms with Crippen LogP contribution >= 0.6 is 0 Å².